The molecule has 0 aromatic heterocycles. The second-order valence-corrected chi connectivity index (χ2v) is 3.94. The molecule has 94 valence electrons. The number of nitrogens with one attached hydrogen (secondary N) is 2. The summed E-state index contributed by atoms with van der Waals surface area (Å²) in [5.41, 5.74) is 5.16. The van der Waals surface area contributed by atoms with Crippen LogP contribution in [-0.2, 0) is 9.59 Å². The normalized spacial score (nSPS) is 14.2. The second-order valence-electron chi connectivity index (χ2n) is 3.94. The van der Waals surface area contributed by atoms with Crippen molar-refractivity contribution in [1.82, 2.24) is 10.6 Å². The third-order valence-corrected chi connectivity index (χ3v) is 2.51. The van der Waals surface area contributed by atoms with E-state index in [1.807, 2.05) is 20.8 Å². The number of primary amides is 1. The number of amides is 2. The maximum atomic E-state index is 11.4. The predicted octanol–water partition coefficient (Wildman–Crippen LogP) is 0.145. The van der Waals surface area contributed by atoms with Crippen LogP contribution in [0, 0.1) is 0 Å². The third-order valence-electron chi connectivity index (χ3n) is 2.51. The molecule has 4 N–H and O–H groups in total. The van der Waals surface area contributed by atoms with E-state index in [1.54, 1.807) is 0 Å². The van der Waals surface area contributed by atoms with Crippen molar-refractivity contribution in [2.45, 2.75) is 52.1 Å². The molecule has 0 bridgehead atoms. The number of carbonyl (C=O) groups is 2. The van der Waals surface area contributed by atoms with Crippen LogP contribution in [0.5, 0.6) is 0 Å². The Morgan fingerprint density at radius 1 is 1.25 bits per heavy atom. The first kappa shape index (κ1) is 14.9. The molecule has 0 spiro atoms. The highest BCUT2D eigenvalue weighted by atomic mass is 16.2. The molecule has 5 nitrogen and oxygen atoms in total. The Kier molecular flexibility index (Phi) is 7.54. The van der Waals surface area contributed by atoms with Gasteiger partial charge in [0.15, 0.2) is 0 Å². The molecule has 16 heavy (non-hydrogen) atoms. The number of hydrogen-bond acceptors (Lipinski definition) is 3. The summed E-state index contributed by atoms with van der Waals surface area (Å²) in [6.45, 7) is 6.33. The standard InChI is InChI=1S/C11H23N3O2/c1-4-8(3)14-10(15)6-7-13-9(5-2)11(12)16/h8-9,13H,4-7H2,1-3H3,(H2,12,16)(H,14,15). The quantitative estimate of drug-likeness (QED) is 0.553. The zero-order valence-corrected chi connectivity index (χ0v) is 10.4. The Hall–Kier alpha value is -1.10. The van der Waals surface area contributed by atoms with Crippen LogP contribution >= 0.6 is 0 Å². The van der Waals surface area contributed by atoms with Crippen molar-refractivity contribution in [2.75, 3.05) is 6.54 Å². The first-order valence-corrected chi connectivity index (χ1v) is 5.83. The van der Waals surface area contributed by atoms with Gasteiger partial charge in [-0.15, -0.1) is 0 Å². The highest BCUT2D eigenvalue weighted by Crippen LogP contribution is 1.92. The monoisotopic (exact) mass is 229 g/mol. The molecule has 0 aliphatic heterocycles. The minimum Gasteiger partial charge on any atom is -0.368 e. The highest BCUT2D eigenvalue weighted by molar-refractivity contribution is 5.80. The molecule has 0 aliphatic carbocycles. The van der Waals surface area contributed by atoms with Crippen molar-refractivity contribution in [3.63, 3.8) is 0 Å². The third kappa shape index (κ3) is 6.40. The summed E-state index contributed by atoms with van der Waals surface area (Å²) in [6, 6.07) is -0.137. The first-order valence-electron chi connectivity index (χ1n) is 5.83. The molecule has 0 saturated heterocycles. The van der Waals surface area contributed by atoms with Crippen LogP contribution in [0.1, 0.15) is 40.0 Å². The number of hydrogen-bond donors (Lipinski definition) is 3. The Balaban J connectivity index is 3.72. The van der Waals surface area contributed by atoms with E-state index in [9.17, 15) is 9.59 Å². The Morgan fingerprint density at radius 3 is 2.31 bits per heavy atom. The average Bonchev–Trinajstić information content (AvgIpc) is 2.23. The van der Waals surface area contributed by atoms with Gasteiger partial charge in [-0.05, 0) is 19.8 Å². The lowest BCUT2D eigenvalue weighted by Gasteiger charge is -2.14. The van der Waals surface area contributed by atoms with Crippen molar-refractivity contribution in [2.24, 2.45) is 5.73 Å². The Morgan fingerprint density at radius 2 is 1.88 bits per heavy atom. The van der Waals surface area contributed by atoms with E-state index in [0.29, 0.717) is 19.4 Å². The van der Waals surface area contributed by atoms with Crippen molar-refractivity contribution in [3.05, 3.63) is 0 Å². The molecule has 0 heterocycles. The Labute approximate surface area is 97.2 Å². The Bertz CT molecular complexity index is 231. The van der Waals surface area contributed by atoms with Gasteiger partial charge < -0.3 is 16.4 Å². The zero-order chi connectivity index (χ0) is 12.6. The zero-order valence-electron chi connectivity index (χ0n) is 10.4. The van der Waals surface area contributed by atoms with E-state index in [4.69, 9.17) is 5.73 Å². The first-order chi connectivity index (χ1) is 7.51. The maximum Gasteiger partial charge on any atom is 0.234 e. The second kappa shape index (κ2) is 8.10. The number of rotatable bonds is 8. The van der Waals surface area contributed by atoms with Gasteiger partial charge in [0, 0.05) is 19.0 Å². The van der Waals surface area contributed by atoms with E-state index in [1.165, 1.54) is 0 Å². The van der Waals surface area contributed by atoms with Crippen LogP contribution in [0.3, 0.4) is 0 Å². The summed E-state index contributed by atoms with van der Waals surface area (Å²) in [5, 5.41) is 5.81. The van der Waals surface area contributed by atoms with Gasteiger partial charge in [0.2, 0.25) is 11.8 Å². The molecule has 2 unspecified atom stereocenters. The fourth-order valence-corrected chi connectivity index (χ4v) is 1.26. The van der Waals surface area contributed by atoms with Crippen LogP contribution in [0.25, 0.3) is 0 Å². The van der Waals surface area contributed by atoms with E-state index in [-0.39, 0.29) is 23.9 Å². The molecule has 5 heteroatoms. The smallest absolute Gasteiger partial charge is 0.234 e. The summed E-state index contributed by atoms with van der Waals surface area (Å²) in [4.78, 5) is 22.3. The summed E-state index contributed by atoms with van der Waals surface area (Å²) >= 11 is 0. The molecule has 0 rings (SSSR count). The highest BCUT2D eigenvalue weighted by Gasteiger charge is 2.12. The van der Waals surface area contributed by atoms with E-state index < -0.39 is 0 Å². The molecule has 2 atom stereocenters. The van der Waals surface area contributed by atoms with E-state index >= 15 is 0 Å². The van der Waals surface area contributed by atoms with Gasteiger partial charge in [0.25, 0.3) is 0 Å². The lowest BCUT2D eigenvalue weighted by Crippen LogP contribution is -2.42. The van der Waals surface area contributed by atoms with Crippen LogP contribution in [0.15, 0.2) is 0 Å². The van der Waals surface area contributed by atoms with Crippen molar-refractivity contribution in [1.29, 1.82) is 0 Å². The van der Waals surface area contributed by atoms with Gasteiger partial charge in [-0.3, -0.25) is 9.59 Å². The van der Waals surface area contributed by atoms with Crippen molar-refractivity contribution >= 4 is 11.8 Å². The van der Waals surface area contributed by atoms with E-state index in [0.717, 1.165) is 6.42 Å². The van der Waals surface area contributed by atoms with Crippen LogP contribution in [0.2, 0.25) is 0 Å². The molecule has 0 aromatic carbocycles. The fraction of sp³-hybridized carbons (Fsp3) is 0.818. The van der Waals surface area contributed by atoms with Crippen LogP contribution < -0.4 is 16.4 Å². The number of carbonyl (C=O) groups excluding carboxylic acids is 2. The van der Waals surface area contributed by atoms with Crippen molar-refractivity contribution < 1.29 is 9.59 Å². The maximum absolute atomic E-state index is 11.4. The largest absolute Gasteiger partial charge is 0.368 e. The summed E-state index contributed by atoms with van der Waals surface area (Å²) in [7, 11) is 0. The molecule has 0 aliphatic rings. The topological polar surface area (TPSA) is 84.2 Å². The van der Waals surface area contributed by atoms with Gasteiger partial charge >= 0.3 is 0 Å². The molecular weight excluding hydrogens is 206 g/mol. The minimum atomic E-state index is -0.371. The van der Waals surface area contributed by atoms with Gasteiger partial charge in [-0.2, -0.15) is 0 Å². The van der Waals surface area contributed by atoms with Gasteiger partial charge in [-0.1, -0.05) is 13.8 Å². The molecule has 2 amide bonds. The predicted molar refractivity (Wildman–Crippen MR) is 63.8 cm³/mol. The van der Waals surface area contributed by atoms with Crippen LogP contribution in [0.4, 0.5) is 0 Å². The summed E-state index contributed by atoms with van der Waals surface area (Å²) < 4.78 is 0. The van der Waals surface area contributed by atoms with E-state index in [2.05, 4.69) is 10.6 Å². The van der Waals surface area contributed by atoms with Crippen molar-refractivity contribution in [3.8, 4) is 0 Å². The average molecular weight is 229 g/mol. The molecule has 0 fully saturated rings. The van der Waals surface area contributed by atoms with Crippen LogP contribution in [-0.4, -0.2) is 30.4 Å². The SMILES string of the molecule is CCC(C)NC(=O)CCNC(CC)C(N)=O. The number of nitrogens with two attached hydrogens (primary N) is 1. The lowest BCUT2D eigenvalue weighted by molar-refractivity contribution is -0.123. The fourth-order valence-electron chi connectivity index (χ4n) is 1.26. The van der Waals surface area contributed by atoms with Gasteiger partial charge in [0.05, 0.1) is 6.04 Å². The summed E-state index contributed by atoms with van der Waals surface area (Å²) in [6.07, 6.45) is 1.93. The minimum absolute atomic E-state index is 0.00109. The molecule has 0 aromatic rings. The summed E-state index contributed by atoms with van der Waals surface area (Å²) in [5.74, 6) is -0.369. The molecular formula is C11H23N3O2. The lowest BCUT2D eigenvalue weighted by atomic mass is 10.2. The van der Waals surface area contributed by atoms with Gasteiger partial charge in [0.1, 0.15) is 0 Å². The molecule has 0 saturated carbocycles. The molecule has 0 radical (unpaired) electrons. The van der Waals surface area contributed by atoms with Gasteiger partial charge in [-0.25, -0.2) is 0 Å².